The molecule has 2 atom stereocenters. The molecule has 0 spiro atoms. The number of pyridine rings is 1. The summed E-state index contributed by atoms with van der Waals surface area (Å²) in [6.45, 7) is 7.75. The van der Waals surface area contributed by atoms with Crippen molar-refractivity contribution in [2.75, 3.05) is 39.3 Å². The number of aromatic nitrogens is 1. The van der Waals surface area contributed by atoms with Crippen molar-refractivity contribution in [3.63, 3.8) is 0 Å². The number of aryl methyl sites for hydroxylation is 1. The summed E-state index contributed by atoms with van der Waals surface area (Å²) in [7, 11) is 0. The Morgan fingerprint density at radius 2 is 1.61 bits per heavy atom. The number of hydrogen-bond acceptors (Lipinski definition) is 4. The van der Waals surface area contributed by atoms with Crippen LogP contribution in [0.1, 0.15) is 30.4 Å². The van der Waals surface area contributed by atoms with Crippen molar-refractivity contribution in [2.24, 2.45) is 11.8 Å². The van der Waals surface area contributed by atoms with Gasteiger partial charge < -0.3 is 4.90 Å². The number of rotatable bonds is 6. The van der Waals surface area contributed by atoms with Crippen LogP contribution in [0.4, 0.5) is 0 Å². The molecule has 5 nitrogen and oxygen atoms in total. The van der Waals surface area contributed by atoms with Crippen LogP contribution in [-0.2, 0) is 17.8 Å². The average molecular weight is 419 g/mol. The zero-order chi connectivity index (χ0) is 21.0. The Hall–Kier alpha value is -2.24. The highest BCUT2D eigenvalue weighted by Gasteiger charge is 2.43. The molecule has 4 heterocycles. The predicted molar refractivity (Wildman–Crippen MR) is 122 cm³/mol. The van der Waals surface area contributed by atoms with E-state index in [1.165, 1.54) is 44.6 Å². The third-order valence-corrected chi connectivity index (χ3v) is 7.54. The van der Waals surface area contributed by atoms with E-state index in [4.69, 9.17) is 0 Å². The molecule has 1 aromatic carbocycles. The van der Waals surface area contributed by atoms with Gasteiger partial charge in [-0.2, -0.15) is 0 Å². The fourth-order valence-electron chi connectivity index (χ4n) is 5.77. The minimum absolute atomic E-state index is 0.319. The first kappa shape index (κ1) is 20.7. The maximum Gasteiger partial charge on any atom is 0.222 e. The maximum absolute atomic E-state index is 12.7. The fraction of sp³-hybridized carbons (Fsp3) is 0.538. The second-order valence-corrected chi connectivity index (χ2v) is 9.63. The van der Waals surface area contributed by atoms with E-state index in [0.717, 1.165) is 37.7 Å². The standard InChI is InChI=1S/C26H34N4O/c31-26(9-8-21-7-4-12-27-15-21)30-19-23-17-29(18-24(23)20-30)25-10-13-28(14-11-25)16-22-5-2-1-3-6-22/h1-7,12,15,23-25H,8-11,13-14,16-20H2/t23-,24-/m0/s1. The van der Waals surface area contributed by atoms with Crippen molar-refractivity contribution in [3.8, 4) is 0 Å². The number of nitrogens with zero attached hydrogens (tertiary/aromatic N) is 4. The van der Waals surface area contributed by atoms with Gasteiger partial charge in [0, 0.05) is 57.6 Å². The smallest absolute Gasteiger partial charge is 0.222 e. The number of carbonyl (C=O) groups excluding carboxylic acids is 1. The molecule has 0 aliphatic carbocycles. The van der Waals surface area contributed by atoms with E-state index in [-0.39, 0.29) is 0 Å². The molecule has 0 N–H and O–H groups in total. The Morgan fingerprint density at radius 1 is 0.903 bits per heavy atom. The molecule has 3 aliphatic heterocycles. The second-order valence-electron chi connectivity index (χ2n) is 9.63. The third kappa shape index (κ3) is 4.99. The number of likely N-dealkylation sites (tertiary alicyclic amines) is 3. The summed E-state index contributed by atoms with van der Waals surface area (Å²) < 4.78 is 0. The molecule has 1 aromatic heterocycles. The number of piperidine rings is 1. The van der Waals surface area contributed by atoms with E-state index in [9.17, 15) is 4.79 Å². The molecule has 2 aromatic rings. The second kappa shape index (κ2) is 9.49. The van der Waals surface area contributed by atoms with Gasteiger partial charge >= 0.3 is 0 Å². The maximum atomic E-state index is 12.7. The van der Waals surface area contributed by atoms with Crippen LogP contribution in [0, 0.1) is 11.8 Å². The molecule has 0 radical (unpaired) electrons. The van der Waals surface area contributed by atoms with Gasteiger partial charge in [-0.05, 0) is 61.4 Å². The van der Waals surface area contributed by atoms with Gasteiger partial charge in [0.25, 0.3) is 0 Å². The lowest BCUT2D eigenvalue weighted by molar-refractivity contribution is -0.130. The van der Waals surface area contributed by atoms with Gasteiger partial charge in [-0.15, -0.1) is 0 Å². The average Bonchev–Trinajstić information content (AvgIpc) is 3.39. The van der Waals surface area contributed by atoms with Gasteiger partial charge in [0.2, 0.25) is 5.91 Å². The monoisotopic (exact) mass is 418 g/mol. The third-order valence-electron chi connectivity index (χ3n) is 7.54. The van der Waals surface area contributed by atoms with E-state index in [0.29, 0.717) is 24.2 Å². The molecule has 164 valence electrons. The van der Waals surface area contributed by atoms with Crippen LogP contribution < -0.4 is 0 Å². The van der Waals surface area contributed by atoms with E-state index in [1.54, 1.807) is 6.20 Å². The van der Waals surface area contributed by atoms with Gasteiger partial charge in [-0.1, -0.05) is 36.4 Å². The van der Waals surface area contributed by atoms with E-state index < -0.39 is 0 Å². The lowest BCUT2D eigenvalue weighted by Crippen LogP contribution is -2.45. The summed E-state index contributed by atoms with van der Waals surface area (Å²) in [4.78, 5) is 24.3. The summed E-state index contributed by atoms with van der Waals surface area (Å²) >= 11 is 0. The molecule has 1 amide bonds. The van der Waals surface area contributed by atoms with Gasteiger partial charge in [0.1, 0.15) is 0 Å². The first-order chi connectivity index (χ1) is 15.2. The molecule has 3 aliphatic rings. The van der Waals surface area contributed by atoms with Crippen molar-refractivity contribution in [2.45, 2.75) is 38.3 Å². The van der Waals surface area contributed by atoms with Crippen LogP contribution in [0.5, 0.6) is 0 Å². The van der Waals surface area contributed by atoms with Gasteiger partial charge in [-0.25, -0.2) is 0 Å². The van der Waals surface area contributed by atoms with Crippen LogP contribution in [0.3, 0.4) is 0 Å². The summed E-state index contributed by atoms with van der Waals surface area (Å²) in [6, 6.07) is 15.6. The highest BCUT2D eigenvalue weighted by molar-refractivity contribution is 5.76. The van der Waals surface area contributed by atoms with Crippen molar-refractivity contribution in [1.82, 2.24) is 19.7 Å². The zero-order valence-corrected chi connectivity index (χ0v) is 18.4. The lowest BCUT2D eigenvalue weighted by Gasteiger charge is -2.37. The molecule has 5 heteroatoms. The number of benzene rings is 1. The fourth-order valence-corrected chi connectivity index (χ4v) is 5.77. The number of carbonyl (C=O) groups is 1. The molecular formula is C26H34N4O. The molecule has 31 heavy (non-hydrogen) atoms. The Bertz CT molecular complexity index is 836. The Balaban J connectivity index is 1.05. The molecular weight excluding hydrogens is 384 g/mol. The topological polar surface area (TPSA) is 39.7 Å². The minimum Gasteiger partial charge on any atom is -0.342 e. The number of amides is 1. The Morgan fingerprint density at radius 3 is 2.29 bits per heavy atom. The summed E-state index contributed by atoms with van der Waals surface area (Å²) in [5.74, 6) is 1.66. The van der Waals surface area contributed by atoms with Crippen molar-refractivity contribution in [3.05, 3.63) is 66.0 Å². The Kier molecular flexibility index (Phi) is 6.32. The lowest BCUT2D eigenvalue weighted by atomic mass is 10.0. The van der Waals surface area contributed by atoms with Crippen molar-refractivity contribution >= 4 is 5.91 Å². The van der Waals surface area contributed by atoms with Crippen LogP contribution in [0.2, 0.25) is 0 Å². The SMILES string of the molecule is O=C(CCc1cccnc1)N1C[C@@H]2CN(C3CCN(Cc4ccccc4)CC3)C[C@H]2C1. The first-order valence-electron chi connectivity index (χ1n) is 11.9. The largest absolute Gasteiger partial charge is 0.342 e. The quantitative estimate of drug-likeness (QED) is 0.723. The van der Waals surface area contributed by atoms with Gasteiger partial charge in [-0.3, -0.25) is 19.6 Å². The number of fused-ring (bicyclic) bond motifs is 1. The zero-order valence-electron chi connectivity index (χ0n) is 18.4. The van der Waals surface area contributed by atoms with Crippen molar-refractivity contribution in [1.29, 1.82) is 0 Å². The van der Waals surface area contributed by atoms with Crippen molar-refractivity contribution < 1.29 is 4.79 Å². The van der Waals surface area contributed by atoms with Crippen LogP contribution in [-0.4, -0.2) is 70.9 Å². The van der Waals surface area contributed by atoms with Gasteiger partial charge in [0.05, 0.1) is 0 Å². The molecule has 0 saturated carbocycles. The first-order valence-corrected chi connectivity index (χ1v) is 11.9. The number of hydrogen-bond donors (Lipinski definition) is 0. The van der Waals surface area contributed by atoms with Crippen LogP contribution in [0.15, 0.2) is 54.9 Å². The highest BCUT2D eigenvalue weighted by atomic mass is 16.2. The molecule has 0 unspecified atom stereocenters. The molecule has 3 saturated heterocycles. The van der Waals surface area contributed by atoms with Gasteiger partial charge in [0.15, 0.2) is 0 Å². The predicted octanol–water partition coefficient (Wildman–Crippen LogP) is 3.07. The highest BCUT2D eigenvalue weighted by Crippen LogP contribution is 2.34. The van der Waals surface area contributed by atoms with E-state index in [2.05, 4.69) is 56.1 Å². The van der Waals surface area contributed by atoms with E-state index >= 15 is 0 Å². The van der Waals surface area contributed by atoms with Crippen LogP contribution in [0.25, 0.3) is 0 Å². The minimum atomic E-state index is 0.319. The normalized spacial score (nSPS) is 25.1. The summed E-state index contributed by atoms with van der Waals surface area (Å²) in [5.41, 5.74) is 2.57. The van der Waals surface area contributed by atoms with Crippen LogP contribution >= 0.6 is 0 Å². The summed E-state index contributed by atoms with van der Waals surface area (Å²) in [6.07, 6.45) is 7.61. The molecule has 3 fully saturated rings. The van der Waals surface area contributed by atoms with E-state index in [1.807, 2.05) is 12.3 Å². The Labute approximate surface area is 186 Å². The molecule has 0 bridgehead atoms. The molecule has 5 rings (SSSR count). The summed E-state index contributed by atoms with van der Waals surface area (Å²) in [5, 5.41) is 0.